The first-order valence-corrected chi connectivity index (χ1v) is 23.6. The molecule has 3 aliphatic carbocycles. The van der Waals surface area contributed by atoms with Crippen LogP contribution in [0, 0.1) is 36.0 Å². The molecule has 4 fully saturated rings. The lowest BCUT2D eigenvalue weighted by Gasteiger charge is -2.64. The van der Waals surface area contributed by atoms with Crippen LogP contribution in [0.5, 0.6) is 0 Å². The van der Waals surface area contributed by atoms with E-state index in [2.05, 4.69) is 62.6 Å². The van der Waals surface area contributed by atoms with Crippen molar-refractivity contribution in [3.63, 3.8) is 0 Å². The molecule has 12 nitrogen and oxygen atoms in total. The lowest BCUT2D eigenvalue weighted by Crippen LogP contribution is -2.65. The highest BCUT2D eigenvalue weighted by atomic mass is 16.7. The number of aliphatic hydroxyl groups excluding tert-OH is 1. The number of carbonyl (C=O) groups excluding carboxylic acids is 5. The van der Waals surface area contributed by atoms with Gasteiger partial charge in [0, 0.05) is 36.7 Å². The van der Waals surface area contributed by atoms with Crippen LogP contribution in [0.4, 0.5) is 0 Å². The topological polar surface area (TPSA) is 200 Å². The second-order valence-electron chi connectivity index (χ2n) is 19.9. The van der Waals surface area contributed by atoms with Gasteiger partial charge in [-0.1, -0.05) is 83.5 Å². The summed E-state index contributed by atoms with van der Waals surface area (Å²) in [5, 5.41) is 16.3. The number of nitrogens with one attached hydrogen (secondary N) is 2. The summed E-state index contributed by atoms with van der Waals surface area (Å²) in [6.45, 7) is 16.3. The number of ketones is 3. The quantitative estimate of drug-likeness (QED) is 0.0407. The summed E-state index contributed by atoms with van der Waals surface area (Å²) >= 11 is 0. The largest absolute Gasteiger partial charge is 0.461 e. The minimum Gasteiger partial charge on any atom is -0.405 e. The molecule has 1 unspecified atom stereocenters. The molecule has 1 saturated heterocycles. The molecule has 3 saturated carbocycles. The normalized spacial score (nSPS) is 23.9. The molecule has 4 aliphatic rings. The fourth-order valence-corrected chi connectivity index (χ4v) is 10.3. The number of hydrogen-bond acceptors (Lipinski definition) is 10. The molecule has 0 aromatic heterocycles. The fraction of sp³-hybridized carbons (Fsp3) is 0.660. The van der Waals surface area contributed by atoms with Crippen molar-refractivity contribution in [3.05, 3.63) is 59.2 Å². The number of carbonyl (C=O) groups is 5. The predicted octanol–water partition coefficient (Wildman–Crippen LogP) is 6.69. The smallest absolute Gasteiger partial charge is 0.405 e. The van der Waals surface area contributed by atoms with Gasteiger partial charge in [0.2, 0.25) is 11.8 Å². The molecule has 346 valence electrons. The van der Waals surface area contributed by atoms with E-state index in [9.17, 15) is 29.1 Å². The molecule has 7 N–H and O–H groups in total. The van der Waals surface area contributed by atoms with Gasteiger partial charge < -0.3 is 36.5 Å². The molecule has 10 atom stereocenters. The maximum atomic E-state index is 13.8. The van der Waals surface area contributed by atoms with Gasteiger partial charge in [0.15, 0.2) is 17.3 Å². The van der Waals surface area contributed by atoms with Crippen LogP contribution in [-0.2, 0) is 34.9 Å². The molecule has 2 aromatic rings. The molecule has 1 aliphatic heterocycles. The first-order valence-electron chi connectivity index (χ1n) is 23.6. The van der Waals surface area contributed by atoms with Gasteiger partial charge in [0.25, 0.3) is 0 Å². The molecule has 0 spiro atoms. The molecule has 1 heterocycles. The lowest BCUT2D eigenvalue weighted by atomic mass is 9.43. The van der Waals surface area contributed by atoms with E-state index in [-0.39, 0.29) is 61.1 Å². The van der Waals surface area contributed by atoms with Gasteiger partial charge in [-0.05, 0) is 131 Å². The van der Waals surface area contributed by atoms with Crippen LogP contribution in [-0.4, -0.2) is 84.4 Å². The molecule has 2 aromatic carbocycles. The highest BCUT2D eigenvalue weighted by Crippen LogP contribution is 2.66. The van der Waals surface area contributed by atoms with Crippen LogP contribution in [0.15, 0.2) is 42.5 Å². The second kappa shape index (κ2) is 22.0. The average Bonchev–Trinajstić information content (AvgIpc) is 3.61. The van der Waals surface area contributed by atoms with Gasteiger partial charge >= 0.3 is 7.12 Å². The minimum atomic E-state index is -1.33. The molecular weight excluding hydrogens is 795 g/mol. The summed E-state index contributed by atoms with van der Waals surface area (Å²) in [5.41, 5.74) is 16.1. The third-order valence-corrected chi connectivity index (χ3v) is 14.6. The van der Waals surface area contributed by atoms with Gasteiger partial charge in [-0.3, -0.25) is 24.0 Å². The van der Waals surface area contributed by atoms with Crippen molar-refractivity contribution >= 4 is 36.3 Å². The van der Waals surface area contributed by atoms with Crippen LogP contribution in [0.3, 0.4) is 0 Å². The first kappa shape index (κ1) is 50.3. The number of nitrogens with two attached hydrogens (primary N) is 2. The maximum Gasteiger partial charge on any atom is 0.461 e. The number of rotatable bonds is 25. The van der Waals surface area contributed by atoms with Crippen molar-refractivity contribution in [1.29, 1.82) is 0 Å². The summed E-state index contributed by atoms with van der Waals surface area (Å²) in [4.78, 5) is 68.5. The van der Waals surface area contributed by atoms with Crippen LogP contribution in [0.25, 0.3) is 11.1 Å². The van der Waals surface area contributed by atoms with E-state index in [4.69, 9.17) is 20.8 Å². The molecular formula is C50H75BN4O8. The van der Waals surface area contributed by atoms with Crippen molar-refractivity contribution in [1.82, 2.24) is 10.6 Å². The maximum absolute atomic E-state index is 13.8. The number of unbranched alkanes of at least 4 members (excludes halogenated alkanes) is 2. The number of aliphatic hydroxyl groups is 1. The summed E-state index contributed by atoms with van der Waals surface area (Å²) < 4.78 is 13.1. The molecule has 63 heavy (non-hydrogen) atoms. The van der Waals surface area contributed by atoms with E-state index in [1.807, 2.05) is 26.0 Å². The van der Waals surface area contributed by atoms with Crippen LogP contribution in [0.2, 0.25) is 5.82 Å². The highest BCUT2D eigenvalue weighted by molar-refractivity contribution is 6.47. The zero-order valence-corrected chi connectivity index (χ0v) is 39.2. The summed E-state index contributed by atoms with van der Waals surface area (Å²) in [7, 11) is -0.522. The summed E-state index contributed by atoms with van der Waals surface area (Å²) in [6.07, 6.45) is 5.72. The summed E-state index contributed by atoms with van der Waals surface area (Å²) in [6, 6.07) is 12.0. The Morgan fingerprint density at radius 3 is 2.16 bits per heavy atom. The van der Waals surface area contributed by atoms with Gasteiger partial charge in [-0.15, -0.1) is 0 Å². The van der Waals surface area contributed by atoms with E-state index >= 15 is 0 Å². The predicted molar refractivity (Wildman–Crippen MR) is 248 cm³/mol. The Kier molecular flexibility index (Phi) is 17.5. The van der Waals surface area contributed by atoms with Crippen molar-refractivity contribution < 1.29 is 38.4 Å². The van der Waals surface area contributed by atoms with Crippen LogP contribution >= 0.6 is 0 Å². The Bertz CT molecular complexity index is 1920. The molecule has 13 heteroatoms. The van der Waals surface area contributed by atoms with E-state index in [0.29, 0.717) is 43.2 Å². The SMILES string of the molecule is CCCCc1ccc(-c2ccc(C(=O)C[C@@H](CCN)C(=O)N[C@H](C(=O)C[C@@H](C)C(=O)N[C@@H](CCCCN)C(=O)C[C@@H](C)B3OC4C[C@@H]5C[C@@H](C5(C)C)[C@]4(C)O3)[C@@H](C)O)c(C)c2)cc1. The number of benzene rings is 2. The third kappa shape index (κ3) is 11.9. The Balaban J connectivity index is 1.16. The number of amides is 2. The highest BCUT2D eigenvalue weighted by Gasteiger charge is 2.68. The van der Waals surface area contributed by atoms with Crippen molar-refractivity contribution in [2.45, 2.75) is 168 Å². The van der Waals surface area contributed by atoms with Crippen molar-refractivity contribution in [3.8, 4) is 11.1 Å². The van der Waals surface area contributed by atoms with Gasteiger partial charge in [0.05, 0.1) is 23.9 Å². The Morgan fingerprint density at radius 2 is 1.54 bits per heavy atom. The monoisotopic (exact) mass is 871 g/mol. The van der Waals surface area contributed by atoms with Gasteiger partial charge in [-0.2, -0.15) is 0 Å². The van der Waals surface area contributed by atoms with Crippen LogP contribution in [0.1, 0.15) is 141 Å². The summed E-state index contributed by atoms with van der Waals surface area (Å²) in [5.74, 6) is -2.93. The van der Waals surface area contributed by atoms with E-state index in [0.717, 1.165) is 48.8 Å². The van der Waals surface area contributed by atoms with Gasteiger partial charge in [-0.25, -0.2) is 0 Å². The Labute approximate surface area is 376 Å². The first-order chi connectivity index (χ1) is 29.8. The van der Waals surface area contributed by atoms with E-state index in [1.165, 1.54) is 12.5 Å². The zero-order valence-electron chi connectivity index (χ0n) is 39.2. The second-order valence-corrected chi connectivity index (χ2v) is 19.9. The van der Waals surface area contributed by atoms with E-state index < -0.39 is 60.3 Å². The Hall–Kier alpha value is -3.75. The van der Waals surface area contributed by atoms with Crippen molar-refractivity contribution in [2.24, 2.45) is 40.6 Å². The van der Waals surface area contributed by atoms with E-state index in [1.54, 1.807) is 13.0 Å². The Morgan fingerprint density at radius 1 is 0.841 bits per heavy atom. The number of aryl methyl sites for hydroxylation is 2. The fourth-order valence-electron chi connectivity index (χ4n) is 10.3. The molecule has 6 rings (SSSR count). The third-order valence-electron chi connectivity index (χ3n) is 14.6. The molecule has 2 amide bonds. The lowest BCUT2D eigenvalue weighted by molar-refractivity contribution is -0.199. The molecule has 0 radical (unpaired) electrons. The molecule has 2 bridgehead atoms. The van der Waals surface area contributed by atoms with Crippen LogP contribution < -0.4 is 22.1 Å². The van der Waals surface area contributed by atoms with Crippen molar-refractivity contribution in [2.75, 3.05) is 13.1 Å². The standard InChI is InChI=1S/C50H75BN4O8/c1-9-10-13-34-15-17-35(18-16-34)36-19-20-39(30(2)24-36)41(57)27-37(21-23-53)48(61)55-46(33(5)56)43(59)25-31(3)47(60)54-40(14-11-12-22-52)42(58)26-32(4)51-62-45-29-38-28-44(49(38,6)7)50(45,8)63-51/h15-20,24,31-33,37-38,40,44-46,56H,9-14,21-23,25-29,52-53H2,1-8H3,(H,54,60)(H,55,61)/t31-,32-,33-,37-,38+,40+,44+,45?,46+,50+/m1/s1. The van der Waals surface area contributed by atoms with Gasteiger partial charge in [0.1, 0.15) is 6.04 Å². The zero-order chi connectivity index (χ0) is 46.2. The number of hydrogen-bond donors (Lipinski definition) is 5. The number of Topliss-reactive ketones (excluding diaryl/α,β-unsaturated/α-hetero) is 3. The average molecular weight is 871 g/mol. The minimum absolute atomic E-state index is 0.00338.